The van der Waals surface area contributed by atoms with Crippen molar-refractivity contribution in [3.8, 4) is 10.6 Å². The highest BCUT2D eigenvalue weighted by Gasteiger charge is 2.36. The molecule has 2 fully saturated rings. The summed E-state index contributed by atoms with van der Waals surface area (Å²) in [5, 5.41) is 17.2. The van der Waals surface area contributed by atoms with Gasteiger partial charge in [-0.15, -0.1) is 11.3 Å². The number of anilines is 3. The van der Waals surface area contributed by atoms with Crippen LogP contribution in [0.4, 0.5) is 30.5 Å². The fourth-order valence-electron chi connectivity index (χ4n) is 4.37. The second-order valence-corrected chi connectivity index (χ2v) is 12.2. The Labute approximate surface area is 216 Å². The maximum atomic E-state index is 13.7. The zero-order chi connectivity index (χ0) is 26.4. The Bertz CT molecular complexity index is 1410. The molecule has 3 heterocycles. The molecule has 0 amide bonds. The summed E-state index contributed by atoms with van der Waals surface area (Å²) in [7, 11) is -3.58. The minimum atomic E-state index is -4.71. The quantitative estimate of drug-likeness (QED) is 0.403. The van der Waals surface area contributed by atoms with Crippen molar-refractivity contribution < 1.29 is 26.7 Å². The summed E-state index contributed by atoms with van der Waals surface area (Å²) in [6, 6.07) is 7.11. The molecule has 1 aromatic carbocycles. The normalized spacial score (nSPS) is 18.7. The molecule has 1 saturated carbocycles. The number of rotatable bonds is 7. The Morgan fingerprint density at radius 3 is 2.70 bits per heavy atom. The second kappa shape index (κ2) is 9.86. The van der Waals surface area contributed by atoms with Crippen molar-refractivity contribution in [3.63, 3.8) is 0 Å². The summed E-state index contributed by atoms with van der Waals surface area (Å²) >= 11 is 0.887. The van der Waals surface area contributed by atoms with Crippen molar-refractivity contribution in [2.24, 2.45) is 0 Å². The Balaban J connectivity index is 1.48. The molecule has 37 heavy (non-hydrogen) atoms. The minimum absolute atomic E-state index is 0.00430. The lowest BCUT2D eigenvalue weighted by molar-refractivity contribution is -0.137. The van der Waals surface area contributed by atoms with Crippen molar-refractivity contribution in [2.45, 2.75) is 35.9 Å². The van der Waals surface area contributed by atoms with Gasteiger partial charge in [0.1, 0.15) is 5.56 Å². The number of aliphatic hydroxyl groups is 1. The van der Waals surface area contributed by atoms with Crippen molar-refractivity contribution in [1.29, 1.82) is 0 Å². The topological polar surface area (TPSA) is 107 Å². The van der Waals surface area contributed by atoms with Crippen LogP contribution < -0.4 is 15.5 Å². The van der Waals surface area contributed by atoms with Crippen molar-refractivity contribution >= 4 is 38.5 Å². The maximum Gasteiger partial charge on any atom is 0.420 e. The number of hydrogen-bond acceptors (Lipinski definition) is 9. The van der Waals surface area contributed by atoms with Gasteiger partial charge in [-0.2, -0.15) is 13.2 Å². The molecule has 1 aliphatic carbocycles. The van der Waals surface area contributed by atoms with Crippen LogP contribution in [0.1, 0.15) is 29.9 Å². The lowest BCUT2D eigenvalue weighted by atomic mass is 10.1. The number of halogens is 3. The van der Waals surface area contributed by atoms with Crippen LogP contribution in [0.25, 0.3) is 10.6 Å². The maximum absolute atomic E-state index is 13.7. The fraction of sp³-hybridized carbons (Fsp3) is 0.417. The molecule has 3 aromatic rings. The molecule has 0 unspecified atom stereocenters. The average Bonchev–Trinajstić information content (AvgIpc) is 3.57. The van der Waals surface area contributed by atoms with Gasteiger partial charge in [-0.1, -0.05) is 0 Å². The van der Waals surface area contributed by atoms with Crippen molar-refractivity contribution in [1.82, 2.24) is 15.3 Å². The number of aliphatic hydroxyl groups excluding tert-OH is 1. The van der Waals surface area contributed by atoms with E-state index in [1.165, 1.54) is 11.4 Å². The van der Waals surface area contributed by atoms with E-state index < -0.39 is 21.6 Å². The summed E-state index contributed by atoms with van der Waals surface area (Å²) in [5.74, 6) is 0.331. The lowest BCUT2D eigenvalue weighted by Gasteiger charge is -2.35. The predicted molar refractivity (Wildman–Crippen MR) is 136 cm³/mol. The van der Waals surface area contributed by atoms with E-state index in [1.54, 1.807) is 0 Å². The van der Waals surface area contributed by atoms with E-state index in [0.717, 1.165) is 61.0 Å². The average molecular weight is 554 g/mol. The molecule has 0 spiro atoms. The van der Waals surface area contributed by atoms with Crippen LogP contribution in [0.5, 0.6) is 0 Å². The third-order valence-corrected chi connectivity index (χ3v) is 8.65. The highest BCUT2D eigenvalue weighted by atomic mass is 32.2. The van der Waals surface area contributed by atoms with Gasteiger partial charge in [-0.05, 0) is 48.6 Å². The molecule has 5 rings (SSSR count). The van der Waals surface area contributed by atoms with Crippen LogP contribution in [0, 0.1) is 0 Å². The van der Waals surface area contributed by atoms with Crippen LogP contribution in [0.3, 0.4) is 0 Å². The molecule has 1 saturated heterocycles. The van der Waals surface area contributed by atoms with Gasteiger partial charge in [0.15, 0.2) is 9.84 Å². The summed E-state index contributed by atoms with van der Waals surface area (Å²) in [4.78, 5) is 10.4. The van der Waals surface area contributed by atoms with Crippen LogP contribution in [-0.4, -0.2) is 62.0 Å². The van der Waals surface area contributed by atoms with E-state index >= 15 is 0 Å². The highest BCUT2D eigenvalue weighted by Crippen LogP contribution is 2.46. The Morgan fingerprint density at radius 1 is 1.27 bits per heavy atom. The number of aromatic nitrogens is 2. The zero-order valence-electron chi connectivity index (χ0n) is 19.9. The second-order valence-electron chi connectivity index (χ2n) is 9.32. The van der Waals surface area contributed by atoms with Gasteiger partial charge in [0, 0.05) is 54.9 Å². The van der Waals surface area contributed by atoms with Crippen LogP contribution in [0.2, 0.25) is 0 Å². The molecule has 2 aliphatic rings. The van der Waals surface area contributed by atoms with Gasteiger partial charge in [0.2, 0.25) is 5.95 Å². The molecule has 3 N–H and O–H groups in total. The van der Waals surface area contributed by atoms with Crippen molar-refractivity contribution in [2.75, 3.05) is 42.7 Å². The van der Waals surface area contributed by atoms with Crippen molar-refractivity contribution in [3.05, 3.63) is 47.0 Å². The molecule has 0 bridgehead atoms. The Hall–Kier alpha value is -2.74. The number of thiophene rings is 1. The predicted octanol–water partition coefficient (Wildman–Crippen LogP) is 4.02. The summed E-state index contributed by atoms with van der Waals surface area (Å²) in [5.41, 5.74) is 1.37. The largest absolute Gasteiger partial charge is 0.420 e. The minimum Gasteiger partial charge on any atom is -0.395 e. The highest BCUT2D eigenvalue weighted by molar-refractivity contribution is 7.90. The lowest BCUT2D eigenvalue weighted by Crippen LogP contribution is -2.52. The molecule has 1 atom stereocenters. The first kappa shape index (κ1) is 25.9. The van der Waals surface area contributed by atoms with E-state index in [4.69, 9.17) is 0 Å². The number of piperazine rings is 1. The van der Waals surface area contributed by atoms with Gasteiger partial charge < -0.3 is 20.6 Å². The number of nitrogens with one attached hydrogen (secondary N) is 2. The van der Waals surface area contributed by atoms with Gasteiger partial charge >= 0.3 is 6.18 Å². The fourth-order valence-corrected chi connectivity index (χ4v) is 6.39. The van der Waals surface area contributed by atoms with Crippen LogP contribution in [-0.2, 0) is 16.0 Å². The molecule has 13 heteroatoms. The molecule has 8 nitrogen and oxygen atoms in total. The molecule has 0 radical (unpaired) electrons. The SMILES string of the molecule is CS(=O)(=O)c1csc(-c2nc(Nc3ccc(N4CCN[C@H](CO)C4)cc3C3CC3)ncc2C(F)(F)F)c1. The molecule has 1 aliphatic heterocycles. The Morgan fingerprint density at radius 2 is 2.05 bits per heavy atom. The molecular weight excluding hydrogens is 527 g/mol. The summed E-state index contributed by atoms with van der Waals surface area (Å²) in [6.45, 7) is 2.29. The molecular formula is C24H26F3N5O3S2. The number of nitrogens with zero attached hydrogens (tertiary/aromatic N) is 3. The summed E-state index contributed by atoms with van der Waals surface area (Å²) in [6.07, 6.45) is -0.946. The number of alkyl halides is 3. The standard InChI is InChI=1S/C24H26F3N5O3S2/c1-37(34,35)17-9-21(36-13-17)22-19(24(25,26)27)10-29-23(31-22)30-20-5-4-16(8-18(20)14-2-3-14)32-7-6-28-15(11-32)12-33/h4-5,8-10,13-15,28,33H,2-3,6-7,11-12H2,1H3,(H,29,30,31)/t15-/m0/s1. The number of sulfone groups is 1. The first-order valence-electron chi connectivity index (χ1n) is 11.8. The monoisotopic (exact) mass is 553 g/mol. The first-order chi connectivity index (χ1) is 17.5. The Kier molecular flexibility index (Phi) is 6.90. The van der Waals surface area contributed by atoms with E-state index in [9.17, 15) is 26.7 Å². The number of hydrogen-bond donors (Lipinski definition) is 3. The van der Waals surface area contributed by atoms with Crippen LogP contribution in [0.15, 0.2) is 40.7 Å². The van der Waals surface area contributed by atoms with E-state index in [-0.39, 0.29) is 34.1 Å². The van der Waals surface area contributed by atoms with Gasteiger partial charge in [-0.25, -0.2) is 18.4 Å². The molecule has 2 aromatic heterocycles. The summed E-state index contributed by atoms with van der Waals surface area (Å²) < 4.78 is 65.0. The van der Waals surface area contributed by atoms with Crippen LogP contribution >= 0.6 is 11.3 Å². The van der Waals surface area contributed by atoms with E-state index in [1.807, 2.05) is 12.1 Å². The van der Waals surface area contributed by atoms with Gasteiger partial charge in [-0.3, -0.25) is 0 Å². The third kappa shape index (κ3) is 5.74. The third-order valence-electron chi connectivity index (χ3n) is 6.47. The first-order valence-corrected chi connectivity index (χ1v) is 14.5. The van der Waals surface area contributed by atoms with Gasteiger partial charge in [0.05, 0.1) is 22.1 Å². The number of benzene rings is 1. The van der Waals surface area contributed by atoms with E-state index in [0.29, 0.717) is 18.2 Å². The molecule has 198 valence electrons. The van der Waals surface area contributed by atoms with E-state index in [2.05, 4.69) is 31.6 Å². The zero-order valence-corrected chi connectivity index (χ0v) is 21.6. The smallest absolute Gasteiger partial charge is 0.395 e. The van der Waals surface area contributed by atoms with Gasteiger partial charge in [0.25, 0.3) is 0 Å².